The number of anilines is 1. The van der Waals surface area contributed by atoms with E-state index in [9.17, 15) is 10.1 Å². The van der Waals surface area contributed by atoms with Crippen molar-refractivity contribution >= 4 is 11.7 Å². The van der Waals surface area contributed by atoms with Crippen LogP contribution >= 0.6 is 0 Å². The van der Waals surface area contributed by atoms with Crippen molar-refractivity contribution in [3.05, 3.63) is 76.6 Å². The van der Waals surface area contributed by atoms with Gasteiger partial charge in [0.2, 0.25) is 0 Å². The fourth-order valence-corrected chi connectivity index (χ4v) is 2.33. The fraction of sp³-hybridized carbons (Fsp3) is 0.211. The van der Waals surface area contributed by atoms with Crippen molar-refractivity contribution in [1.29, 1.82) is 5.26 Å². The van der Waals surface area contributed by atoms with E-state index in [2.05, 4.69) is 16.2 Å². The van der Waals surface area contributed by atoms with Gasteiger partial charge in [-0.15, -0.1) is 0 Å². The Kier molecular flexibility index (Phi) is 5.94. The maximum absolute atomic E-state index is 12.0. The molecule has 0 spiro atoms. The van der Waals surface area contributed by atoms with Crippen molar-refractivity contribution in [2.24, 2.45) is 0 Å². The second-order valence-corrected chi connectivity index (χ2v) is 5.00. The molecule has 1 N–H and O–H groups in total. The Morgan fingerprint density at radius 2 is 2.04 bits per heavy atom. The first-order valence-corrected chi connectivity index (χ1v) is 7.55. The Bertz CT molecular complexity index is 788. The zero-order valence-corrected chi connectivity index (χ0v) is 13.3. The van der Waals surface area contributed by atoms with E-state index in [1.165, 1.54) is 0 Å². The van der Waals surface area contributed by atoms with E-state index < -0.39 is 12.0 Å². The predicted molar refractivity (Wildman–Crippen MR) is 90.9 cm³/mol. The van der Waals surface area contributed by atoms with Crippen LogP contribution < -0.4 is 5.32 Å². The van der Waals surface area contributed by atoms with E-state index in [-0.39, 0.29) is 6.61 Å². The highest BCUT2D eigenvalue weighted by Gasteiger charge is 2.31. The standard InChI is InChI=1S/C19H17N3O2/c1-3-24-19(23)18(21-2)15-10-7-11-17(16(15)12-20)22-13-14-8-5-4-6-9-14/h4-11,18,22H,3,13H2,1H3. The maximum atomic E-state index is 12.0. The monoisotopic (exact) mass is 319 g/mol. The Morgan fingerprint density at radius 1 is 1.29 bits per heavy atom. The first kappa shape index (κ1) is 17.1. The second kappa shape index (κ2) is 8.36. The average molecular weight is 319 g/mol. The number of esters is 1. The lowest BCUT2D eigenvalue weighted by Crippen LogP contribution is -2.15. The van der Waals surface area contributed by atoms with E-state index in [1.807, 2.05) is 30.3 Å². The Labute approximate surface area is 141 Å². The number of rotatable bonds is 6. The van der Waals surface area contributed by atoms with Crippen LogP contribution in [-0.2, 0) is 16.1 Å². The third kappa shape index (κ3) is 3.91. The smallest absolute Gasteiger partial charge is 0.395 e. The summed E-state index contributed by atoms with van der Waals surface area (Å²) < 4.78 is 4.94. The number of carbonyl (C=O) groups is 1. The average Bonchev–Trinajstić information content (AvgIpc) is 2.62. The van der Waals surface area contributed by atoms with Crippen LogP contribution in [0.5, 0.6) is 0 Å². The van der Waals surface area contributed by atoms with Crippen molar-refractivity contribution in [2.75, 3.05) is 11.9 Å². The summed E-state index contributed by atoms with van der Waals surface area (Å²) in [5.41, 5.74) is 2.32. The van der Waals surface area contributed by atoms with Gasteiger partial charge in [-0.05, 0) is 24.6 Å². The summed E-state index contributed by atoms with van der Waals surface area (Å²) in [6.07, 6.45) is 0. The van der Waals surface area contributed by atoms with Crippen molar-refractivity contribution in [3.8, 4) is 6.07 Å². The zero-order chi connectivity index (χ0) is 17.4. The van der Waals surface area contributed by atoms with E-state index in [4.69, 9.17) is 11.3 Å². The summed E-state index contributed by atoms with van der Waals surface area (Å²) in [5, 5.41) is 12.7. The summed E-state index contributed by atoms with van der Waals surface area (Å²) in [6.45, 7) is 9.70. The van der Waals surface area contributed by atoms with Gasteiger partial charge in [0.05, 0.1) is 23.4 Å². The largest absolute Gasteiger partial charge is 0.460 e. The molecule has 0 aromatic heterocycles. The summed E-state index contributed by atoms with van der Waals surface area (Å²) in [7, 11) is 0. The summed E-state index contributed by atoms with van der Waals surface area (Å²) in [4.78, 5) is 15.3. The first-order valence-electron chi connectivity index (χ1n) is 7.55. The van der Waals surface area contributed by atoms with Crippen molar-refractivity contribution in [2.45, 2.75) is 19.5 Å². The van der Waals surface area contributed by atoms with Crippen LogP contribution in [0.15, 0.2) is 48.5 Å². The van der Waals surface area contributed by atoms with Gasteiger partial charge in [-0.2, -0.15) is 5.26 Å². The van der Waals surface area contributed by atoms with E-state index in [1.54, 1.807) is 25.1 Å². The maximum Gasteiger partial charge on any atom is 0.395 e. The highest BCUT2D eigenvalue weighted by molar-refractivity contribution is 5.82. The van der Waals surface area contributed by atoms with Crippen LogP contribution in [0.4, 0.5) is 5.69 Å². The van der Waals surface area contributed by atoms with Gasteiger partial charge in [-0.3, -0.25) is 4.85 Å². The molecule has 120 valence electrons. The number of hydrogen-bond acceptors (Lipinski definition) is 4. The molecular formula is C19H17N3O2. The lowest BCUT2D eigenvalue weighted by Gasteiger charge is -2.12. The molecule has 0 aliphatic carbocycles. The van der Waals surface area contributed by atoms with Gasteiger partial charge < -0.3 is 10.1 Å². The molecule has 2 aromatic carbocycles. The van der Waals surface area contributed by atoms with Gasteiger partial charge >= 0.3 is 12.0 Å². The number of nitriles is 1. The van der Waals surface area contributed by atoms with Crippen LogP contribution in [0.1, 0.15) is 29.7 Å². The zero-order valence-electron chi connectivity index (χ0n) is 13.3. The van der Waals surface area contributed by atoms with E-state index >= 15 is 0 Å². The van der Waals surface area contributed by atoms with Crippen molar-refractivity contribution < 1.29 is 9.53 Å². The molecule has 0 bridgehead atoms. The topological polar surface area (TPSA) is 66.5 Å². The van der Waals surface area contributed by atoms with Crippen LogP contribution in [0.25, 0.3) is 4.85 Å². The molecule has 0 radical (unpaired) electrons. The molecule has 0 saturated carbocycles. The Balaban J connectivity index is 2.30. The van der Waals surface area contributed by atoms with Crippen LogP contribution in [0.2, 0.25) is 0 Å². The highest BCUT2D eigenvalue weighted by Crippen LogP contribution is 2.28. The normalized spacial score (nSPS) is 11.0. The van der Waals surface area contributed by atoms with Gasteiger partial charge in [0.15, 0.2) is 0 Å². The van der Waals surface area contributed by atoms with E-state index in [0.717, 1.165) is 5.56 Å². The molecule has 0 heterocycles. The quantitative estimate of drug-likeness (QED) is 0.651. The highest BCUT2D eigenvalue weighted by atomic mass is 16.5. The minimum absolute atomic E-state index is 0.193. The minimum atomic E-state index is -1.13. The third-order valence-corrected chi connectivity index (χ3v) is 3.47. The molecule has 2 rings (SSSR count). The number of benzene rings is 2. The molecule has 5 heteroatoms. The van der Waals surface area contributed by atoms with Crippen LogP contribution in [0, 0.1) is 17.9 Å². The van der Waals surface area contributed by atoms with Gasteiger partial charge in [0.1, 0.15) is 6.07 Å². The molecule has 5 nitrogen and oxygen atoms in total. The molecule has 1 atom stereocenters. The Morgan fingerprint density at radius 3 is 2.67 bits per heavy atom. The fourth-order valence-electron chi connectivity index (χ4n) is 2.33. The lowest BCUT2D eigenvalue weighted by atomic mass is 9.99. The SMILES string of the molecule is [C-]#[N+]C(C(=O)OCC)c1cccc(NCc2ccccc2)c1C#N. The Hall–Kier alpha value is -3.31. The molecule has 0 aliphatic heterocycles. The molecular weight excluding hydrogens is 302 g/mol. The second-order valence-electron chi connectivity index (χ2n) is 5.00. The number of nitrogens with zero attached hydrogens (tertiary/aromatic N) is 2. The summed E-state index contributed by atoms with van der Waals surface area (Å²) in [6, 6.07) is 15.8. The third-order valence-electron chi connectivity index (χ3n) is 3.47. The van der Waals surface area contributed by atoms with Crippen LogP contribution in [-0.4, -0.2) is 12.6 Å². The van der Waals surface area contributed by atoms with Gasteiger partial charge in [0.25, 0.3) is 0 Å². The lowest BCUT2D eigenvalue weighted by molar-refractivity contribution is -0.143. The molecule has 0 saturated heterocycles. The molecule has 1 unspecified atom stereocenters. The summed E-state index contributed by atoms with van der Waals surface area (Å²) >= 11 is 0. The molecule has 24 heavy (non-hydrogen) atoms. The molecule has 0 aliphatic rings. The minimum Gasteiger partial charge on any atom is -0.460 e. The van der Waals surface area contributed by atoms with Gasteiger partial charge in [0, 0.05) is 6.54 Å². The number of nitrogens with one attached hydrogen (secondary N) is 1. The van der Waals surface area contributed by atoms with Gasteiger partial charge in [-0.1, -0.05) is 36.4 Å². The van der Waals surface area contributed by atoms with E-state index in [0.29, 0.717) is 23.4 Å². The van der Waals surface area contributed by atoms with Crippen molar-refractivity contribution in [1.82, 2.24) is 0 Å². The predicted octanol–water partition coefficient (Wildman–Crippen LogP) is 3.69. The number of ether oxygens (including phenoxy) is 1. The summed E-state index contributed by atoms with van der Waals surface area (Å²) in [5.74, 6) is -0.635. The molecule has 0 amide bonds. The van der Waals surface area contributed by atoms with Crippen molar-refractivity contribution in [3.63, 3.8) is 0 Å². The van der Waals surface area contributed by atoms with Gasteiger partial charge in [-0.25, -0.2) is 11.4 Å². The number of carbonyl (C=O) groups excluding carboxylic acids is 1. The molecule has 2 aromatic rings. The number of hydrogen-bond donors (Lipinski definition) is 1. The first-order chi connectivity index (χ1) is 11.7. The molecule has 0 fully saturated rings. The van der Waals surface area contributed by atoms with Crippen LogP contribution in [0.3, 0.4) is 0 Å².